The third-order valence-corrected chi connectivity index (χ3v) is 6.48. The first kappa shape index (κ1) is 20.1. The number of ether oxygens (including phenoxy) is 1. The lowest BCUT2D eigenvalue weighted by atomic mass is 9.95. The van der Waals surface area contributed by atoms with Crippen LogP contribution >= 0.6 is 11.3 Å². The Balaban J connectivity index is 1.34. The Bertz CT molecular complexity index is 1110. The van der Waals surface area contributed by atoms with E-state index in [0.29, 0.717) is 37.0 Å². The van der Waals surface area contributed by atoms with Crippen molar-refractivity contribution in [3.05, 3.63) is 45.6 Å². The first-order valence-corrected chi connectivity index (χ1v) is 11.4. The van der Waals surface area contributed by atoms with Crippen LogP contribution in [-0.2, 0) is 17.6 Å². The van der Waals surface area contributed by atoms with Gasteiger partial charge in [0.2, 0.25) is 0 Å². The lowest BCUT2D eigenvalue weighted by molar-refractivity contribution is -0.0250. The van der Waals surface area contributed by atoms with E-state index in [0.717, 1.165) is 52.6 Å². The number of nitrogens with zero attached hydrogens (tertiary/aromatic N) is 5. The summed E-state index contributed by atoms with van der Waals surface area (Å²) in [6, 6.07) is 1.87. The van der Waals surface area contributed by atoms with Crippen molar-refractivity contribution in [1.82, 2.24) is 30.0 Å². The number of carbonyl (C=O) groups excluding carboxylic acids is 1. The summed E-state index contributed by atoms with van der Waals surface area (Å²) in [4.78, 5) is 29.6. The highest BCUT2D eigenvalue weighted by atomic mass is 32.1. The van der Waals surface area contributed by atoms with Crippen LogP contribution in [-0.4, -0.2) is 55.7 Å². The molecule has 0 aromatic carbocycles. The monoisotopic (exact) mass is 439 g/mol. The Hall–Kier alpha value is -2.85. The van der Waals surface area contributed by atoms with Crippen molar-refractivity contribution in [3.8, 4) is 0 Å². The largest absolute Gasteiger partial charge is 0.368 e. The van der Waals surface area contributed by atoms with Gasteiger partial charge in [0.15, 0.2) is 10.8 Å². The molecule has 10 heteroatoms. The number of aromatic nitrogens is 5. The second kappa shape index (κ2) is 8.35. The summed E-state index contributed by atoms with van der Waals surface area (Å²) in [5.74, 6) is 1.28. The van der Waals surface area contributed by atoms with Gasteiger partial charge in [0.05, 0.1) is 18.8 Å². The molecule has 2 aliphatic rings. The number of H-pyrrole nitrogens is 1. The third-order valence-electron chi connectivity index (χ3n) is 5.66. The minimum atomic E-state index is -0.312. The molecule has 162 valence electrons. The molecule has 1 aliphatic carbocycles. The zero-order valence-electron chi connectivity index (χ0n) is 17.6. The molecule has 4 heterocycles. The van der Waals surface area contributed by atoms with Crippen LogP contribution in [0.1, 0.15) is 57.1 Å². The zero-order valence-corrected chi connectivity index (χ0v) is 18.5. The average Bonchev–Trinajstić information content (AvgIpc) is 3.39. The SMILES string of the molecule is Cc1nc(Nc2ncc(C)s2)cc([C@@H]2CN(C(=O)c3n[nH]c4c3CCCC4)CCO2)n1. The molecule has 1 fully saturated rings. The molecule has 3 aromatic rings. The van der Waals surface area contributed by atoms with Gasteiger partial charge in [0, 0.05) is 34.9 Å². The Morgan fingerprint density at radius 3 is 3.00 bits per heavy atom. The minimum absolute atomic E-state index is 0.0323. The molecule has 9 nitrogen and oxygen atoms in total. The third kappa shape index (κ3) is 4.17. The Morgan fingerprint density at radius 2 is 2.16 bits per heavy atom. The summed E-state index contributed by atoms with van der Waals surface area (Å²) >= 11 is 1.57. The normalized spacial score (nSPS) is 18.6. The molecule has 3 aromatic heterocycles. The second-order valence-electron chi connectivity index (χ2n) is 7.97. The number of nitrogens with one attached hydrogen (secondary N) is 2. The van der Waals surface area contributed by atoms with Crippen LogP contribution < -0.4 is 5.32 Å². The van der Waals surface area contributed by atoms with E-state index in [1.54, 1.807) is 11.3 Å². The molecule has 5 rings (SSSR count). The lowest BCUT2D eigenvalue weighted by Gasteiger charge is -2.32. The summed E-state index contributed by atoms with van der Waals surface area (Å²) in [5, 5.41) is 11.4. The molecular formula is C21H25N7O2S. The van der Waals surface area contributed by atoms with Gasteiger partial charge in [-0.3, -0.25) is 9.89 Å². The summed E-state index contributed by atoms with van der Waals surface area (Å²) in [6.45, 7) is 5.30. The van der Waals surface area contributed by atoms with Crippen molar-refractivity contribution in [2.75, 3.05) is 25.0 Å². The standard InChI is InChI=1S/C21H25N7O2S/c1-12-10-22-21(31-12)25-18-9-16(23-13(2)24-18)17-11-28(7-8-30-17)20(29)19-14-5-3-4-6-15(14)26-27-19/h9-10,17H,3-8,11H2,1-2H3,(H,26,27)(H,22,23,24,25)/t17-/m0/s1. The number of aryl methyl sites for hydroxylation is 3. The van der Waals surface area contributed by atoms with Crippen LogP contribution in [0.2, 0.25) is 0 Å². The van der Waals surface area contributed by atoms with E-state index < -0.39 is 0 Å². The van der Waals surface area contributed by atoms with E-state index in [1.807, 2.05) is 31.0 Å². The van der Waals surface area contributed by atoms with Gasteiger partial charge in [-0.15, -0.1) is 11.3 Å². The molecule has 1 saturated heterocycles. The topological polar surface area (TPSA) is 109 Å². The maximum absolute atomic E-state index is 13.2. The van der Waals surface area contributed by atoms with Crippen LogP contribution in [0.15, 0.2) is 12.3 Å². The number of aromatic amines is 1. The molecular weight excluding hydrogens is 414 g/mol. The molecule has 0 bridgehead atoms. The number of thiazole rings is 1. The maximum Gasteiger partial charge on any atom is 0.274 e. The molecule has 0 radical (unpaired) electrons. The Morgan fingerprint density at radius 1 is 1.29 bits per heavy atom. The number of hydrogen-bond acceptors (Lipinski definition) is 8. The number of amides is 1. The summed E-state index contributed by atoms with van der Waals surface area (Å²) in [7, 11) is 0. The first-order valence-electron chi connectivity index (χ1n) is 10.6. The number of carbonyl (C=O) groups is 1. The van der Waals surface area contributed by atoms with Crippen LogP contribution in [0, 0.1) is 13.8 Å². The molecule has 31 heavy (non-hydrogen) atoms. The fraction of sp³-hybridized carbons (Fsp3) is 0.476. The smallest absolute Gasteiger partial charge is 0.274 e. The van der Waals surface area contributed by atoms with E-state index in [1.165, 1.54) is 0 Å². The predicted molar refractivity (Wildman–Crippen MR) is 117 cm³/mol. The fourth-order valence-electron chi connectivity index (χ4n) is 4.16. The molecule has 0 saturated carbocycles. The number of anilines is 2. The van der Waals surface area contributed by atoms with Crippen LogP contribution in [0.3, 0.4) is 0 Å². The first-order chi connectivity index (χ1) is 15.1. The van der Waals surface area contributed by atoms with Crippen LogP contribution in [0.25, 0.3) is 0 Å². The van der Waals surface area contributed by atoms with Gasteiger partial charge in [-0.2, -0.15) is 5.10 Å². The quantitative estimate of drug-likeness (QED) is 0.643. The van der Waals surface area contributed by atoms with Gasteiger partial charge in [-0.1, -0.05) is 0 Å². The predicted octanol–water partition coefficient (Wildman–Crippen LogP) is 3.11. The van der Waals surface area contributed by atoms with E-state index in [9.17, 15) is 4.79 Å². The highest BCUT2D eigenvalue weighted by molar-refractivity contribution is 7.15. The zero-order chi connectivity index (χ0) is 21.4. The van der Waals surface area contributed by atoms with E-state index in [4.69, 9.17) is 4.74 Å². The Labute approximate surface area is 184 Å². The maximum atomic E-state index is 13.2. The Kier molecular flexibility index (Phi) is 5.41. The summed E-state index contributed by atoms with van der Waals surface area (Å²) in [5.41, 5.74) is 3.52. The molecule has 1 aliphatic heterocycles. The molecule has 1 amide bonds. The highest BCUT2D eigenvalue weighted by Gasteiger charge is 2.31. The minimum Gasteiger partial charge on any atom is -0.368 e. The number of rotatable bonds is 4. The lowest BCUT2D eigenvalue weighted by Crippen LogP contribution is -2.43. The van der Waals surface area contributed by atoms with Crippen molar-refractivity contribution < 1.29 is 9.53 Å². The van der Waals surface area contributed by atoms with Crippen molar-refractivity contribution in [2.45, 2.75) is 45.6 Å². The van der Waals surface area contributed by atoms with E-state index in [2.05, 4.69) is 30.5 Å². The van der Waals surface area contributed by atoms with Crippen molar-refractivity contribution in [2.24, 2.45) is 0 Å². The molecule has 0 unspecified atom stereocenters. The number of hydrogen-bond donors (Lipinski definition) is 2. The van der Waals surface area contributed by atoms with Gasteiger partial charge in [0.25, 0.3) is 5.91 Å². The van der Waals surface area contributed by atoms with Gasteiger partial charge >= 0.3 is 0 Å². The van der Waals surface area contributed by atoms with E-state index in [-0.39, 0.29) is 12.0 Å². The summed E-state index contributed by atoms with van der Waals surface area (Å²) < 4.78 is 5.99. The molecule has 2 N–H and O–H groups in total. The highest BCUT2D eigenvalue weighted by Crippen LogP contribution is 2.28. The summed E-state index contributed by atoms with van der Waals surface area (Å²) in [6.07, 6.45) is 5.64. The average molecular weight is 440 g/mol. The molecule has 1 atom stereocenters. The number of fused-ring (bicyclic) bond motifs is 1. The van der Waals surface area contributed by atoms with Crippen LogP contribution in [0.5, 0.6) is 0 Å². The van der Waals surface area contributed by atoms with E-state index >= 15 is 0 Å². The fourth-order valence-corrected chi connectivity index (χ4v) is 4.83. The molecule has 0 spiro atoms. The van der Waals surface area contributed by atoms with Crippen molar-refractivity contribution in [1.29, 1.82) is 0 Å². The van der Waals surface area contributed by atoms with Gasteiger partial charge in [-0.25, -0.2) is 15.0 Å². The van der Waals surface area contributed by atoms with Crippen molar-refractivity contribution in [3.63, 3.8) is 0 Å². The van der Waals surface area contributed by atoms with Gasteiger partial charge in [0.1, 0.15) is 17.7 Å². The van der Waals surface area contributed by atoms with Gasteiger partial charge in [-0.05, 0) is 39.5 Å². The van der Waals surface area contributed by atoms with Crippen molar-refractivity contribution >= 4 is 28.2 Å². The number of morpholine rings is 1. The second-order valence-corrected chi connectivity index (χ2v) is 9.21. The van der Waals surface area contributed by atoms with Crippen LogP contribution in [0.4, 0.5) is 10.9 Å². The van der Waals surface area contributed by atoms with Gasteiger partial charge < -0.3 is 15.0 Å².